The summed E-state index contributed by atoms with van der Waals surface area (Å²) in [5, 5.41) is 0.541. The van der Waals surface area contributed by atoms with Crippen molar-refractivity contribution in [2.45, 2.75) is 64.5 Å². The normalized spacial score (nSPS) is 18.7. The van der Waals surface area contributed by atoms with E-state index in [1.807, 2.05) is 13.1 Å². The number of hydrogen-bond donors (Lipinski definition) is 0. The van der Waals surface area contributed by atoms with Gasteiger partial charge in [-0.2, -0.15) is 0 Å². The fraction of sp³-hybridized carbons (Fsp3) is 0.524. The Hall–Kier alpha value is -1.52. The van der Waals surface area contributed by atoms with Gasteiger partial charge < -0.3 is 0 Å². The molecule has 1 aliphatic carbocycles. The van der Waals surface area contributed by atoms with E-state index in [1.165, 1.54) is 49.4 Å². The third kappa shape index (κ3) is 3.63. The maximum absolute atomic E-state index is 14.2. The molecule has 1 saturated carbocycles. The summed E-state index contributed by atoms with van der Waals surface area (Å²) in [5.74, 6) is 1.34. The Labute approximate surface area is 159 Å². The van der Waals surface area contributed by atoms with Gasteiger partial charge in [-0.3, -0.25) is 4.90 Å². The first-order valence-corrected chi connectivity index (χ1v) is 10.00. The lowest BCUT2D eigenvalue weighted by molar-refractivity contribution is 0.239. The van der Waals surface area contributed by atoms with Crippen LogP contribution in [0.2, 0.25) is 5.02 Å². The molecule has 0 bridgehead atoms. The molecule has 138 valence electrons. The van der Waals surface area contributed by atoms with Crippen molar-refractivity contribution in [2.75, 3.05) is 6.54 Å². The highest BCUT2D eigenvalue weighted by atomic mass is 35.5. The number of fused-ring (bicyclic) bond motifs is 1. The minimum absolute atomic E-state index is 0.227. The minimum atomic E-state index is -0.227. The maximum Gasteiger partial charge on any atom is 0.131 e. The van der Waals surface area contributed by atoms with E-state index in [9.17, 15) is 4.39 Å². The predicted molar refractivity (Wildman–Crippen MR) is 102 cm³/mol. The summed E-state index contributed by atoms with van der Waals surface area (Å²) >= 11 is 6.33. The van der Waals surface area contributed by atoms with Crippen molar-refractivity contribution in [3.8, 4) is 0 Å². The van der Waals surface area contributed by atoms with Gasteiger partial charge in [0.15, 0.2) is 0 Å². The molecule has 0 amide bonds. The molecule has 0 N–H and O–H groups in total. The average molecular weight is 374 g/mol. The highest BCUT2D eigenvalue weighted by molar-refractivity contribution is 6.32. The lowest BCUT2D eigenvalue weighted by Gasteiger charge is -2.29. The van der Waals surface area contributed by atoms with Crippen LogP contribution in [0.25, 0.3) is 0 Å². The van der Waals surface area contributed by atoms with Gasteiger partial charge in [-0.1, -0.05) is 36.9 Å². The van der Waals surface area contributed by atoms with E-state index in [4.69, 9.17) is 16.6 Å². The van der Waals surface area contributed by atoms with Gasteiger partial charge in [0.2, 0.25) is 0 Å². The molecule has 5 heteroatoms. The van der Waals surface area contributed by atoms with E-state index in [1.54, 1.807) is 6.07 Å². The van der Waals surface area contributed by atoms with Crippen molar-refractivity contribution < 1.29 is 4.39 Å². The van der Waals surface area contributed by atoms with Crippen LogP contribution in [-0.2, 0) is 19.5 Å². The molecule has 0 atom stereocenters. The standard InChI is InChI=1S/C21H25ClFN3/c1-14-7-8-18(23)17(20(14)22)13-26-10-9-19-16(12-26)11-24-21(25-19)15-5-3-2-4-6-15/h7-8,11,15H,2-6,9-10,12-13H2,1H3. The summed E-state index contributed by atoms with van der Waals surface area (Å²) in [4.78, 5) is 11.8. The molecule has 1 aliphatic heterocycles. The molecule has 1 aromatic heterocycles. The van der Waals surface area contributed by atoms with Gasteiger partial charge in [0.25, 0.3) is 0 Å². The molecule has 0 spiro atoms. The zero-order chi connectivity index (χ0) is 18.1. The van der Waals surface area contributed by atoms with Crippen molar-refractivity contribution >= 4 is 11.6 Å². The summed E-state index contributed by atoms with van der Waals surface area (Å²) < 4.78 is 14.2. The first-order chi connectivity index (χ1) is 12.6. The van der Waals surface area contributed by atoms with Crippen molar-refractivity contribution in [3.63, 3.8) is 0 Å². The van der Waals surface area contributed by atoms with Crippen molar-refractivity contribution in [1.29, 1.82) is 0 Å². The van der Waals surface area contributed by atoms with Crippen LogP contribution in [0.15, 0.2) is 18.3 Å². The number of aryl methyl sites for hydroxylation is 1. The van der Waals surface area contributed by atoms with Crippen LogP contribution in [0.1, 0.15) is 66.2 Å². The third-order valence-corrected chi connectivity index (χ3v) is 6.29. The largest absolute Gasteiger partial charge is 0.294 e. The first-order valence-electron chi connectivity index (χ1n) is 9.62. The van der Waals surface area contributed by atoms with E-state index < -0.39 is 0 Å². The van der Waals surface area contributed by atoms with Gasteiger partial charge in [-0.05, 0) is 31.4 Å². The van der Waals surface area contributed by atoms with Gasteiger partial charge in [0.1, 0.15) is 11.6 Å². The Balaban J connectivity index is 1.49. The summed E-state index contributed by atoms with van der Waals surface area (Å²) in [6.45, 7) is 4.06. The Bertz CT molecular complexity index is 802. The van der Waals surface area contributed by atoms with Gasteiger partial charge in [-0.25, -0.2) is 14.4 Å². The lowest BCUT2D eigenvalue weighted by Crippen LogP contribution is -2.31. The zero-order valence-electron chi connectivity index (χ0n) is 15.3. The van der Waals surface area contributed by atoms with Crippen LogP contribution in [0.5, 0.6) is 0 Å². The topological polar surface area (TPSA) is 29.0 Å². The summed E-state index contributed by atoms with van der Waals surface area (Å²) in [5.41, 5.74) is 3.85. The smallest absolute Gasteiger partial charge is 0.131 e. The summed E-state index contributed by atoms with van der Waals surface area (Å²) in [6.07, 6.45) is 9.25. The molecule has 2 aromatic rings. The molecule has 0 unspecified atom stereocenters. The molecule has 2 heterocycles. The molecular weight excluding hydrogens is 349 g/mol. The summed E-state index contributed by atoms with van der Waals surface area (Å²) in [7, 11) is 0. The molecule has 1 aromatic carbocycles. The maximum atomic E-state index is 14.2. The van der Waals surface area contributed by atoms with Crippen molar-refractivity contribution in [1.82, 2.24) is 14.9 Å². The minimum Gasteiger partial charge on any atom is -0.294 e. The number of benzene rings is 1. The average Bonchev–Trinajstić information content (AvgIpc) is 2.68. The Morgan fingerprint density at radius 3 is 2.85 bits per heavy atom. The van der Waals surface area contributed by atoms with Gasteiger partial charge in [0, 0.05) is 55.0 Å². The molecule has 0 saturated heterocycles. The van der Waals surface area contributed by atoms with E-state index >= 15 is 0 Å². The van der Waals surface area contributed by atoms with Crippen LogP contribution in [0.3, 0.4) is 0 Å². The monoisotopic (exact) mass is 373 g/mol. The SMILES string of the molecule is Cc1ccc(F)c(CN2CCc3nc(C4CCCCC4)ncc3C2)c1Cl. The molecule has 4 rings (SSSR count). The highest BCUT2D eigenvalue weighted by Crippen LogP contribution is 2.32. The predicted octanol–water partition coefficient (Wildman–Crippen LogP) is 5.18. The third-order valence-electron chi connectivity index (χ3n) is 5.76. The van der Waals surface area contributed by atoms with E-state index in [0.29, 0.717) is 23.0 Å². The second kappa shape index (κ2) is 7.61. The fourth-order valence-electron chi connectivity index (χ4n) is 4.17. The molecule has 2 aliphatic rings. The number of aromatic nitrogens is 2. The quantitative estimate of drug-likeness (QED) is 0.741. The van der Waals surface area contributed by atoms with Crippen molar-refractivity contribution in [3.05, 3.63) is 57.4 Å². The Kier molecular flexibility index (Phi) is 5.23. The van der Waals surface area contributed by atoms with Crippen LogP contribution in [0, 0.1) is 12.7 Å². The Morgan fingerprint density at radius 2 is 2.04 bits per heavy atom. The molecule has 26 heavy (non-hydrogen) atoms. The van der Waals surface area contributed by atoms with E-state index in [-0.39, 0.29) is 5.82 Å². The van der Waals surface area contributed by atoms with Crippen LogP contribution in [-0.4, -0.2) is 21.4 Å². The second-order valence-electron chi connectivity index (χ2n) is 7.65. The van der Waals surface area contributed by atoms with Crippen LogP contribution >= 0.6 is 11.6 Å². The molecular formula is C21H25ClFN3. The van der Waals surface area contributed by atoms with Gasteiger partial charge in [-0.15, -0.1) is 0 Å². The number of hydrogen-bond acceptors (Lipinski definition) is 3. The Morgan fingerprint density at radius 1 is 1.23 bits per heavy atom. The fourth-order valence-corrected chi connectivity index (χ4v) is 4.38. The van der Waals surface area contributed by atoms with Crippen molar-refractivity contribution in [2.24, 2.45) is 0 Å². The van der Waals surface area contributed by atoms with E-state index in [2.05, 4.69) is 9.88 Å². The number of nitrogens with zero attached hydrogens (tertiary/aromatic N) is 3. The summed E-state index contributed by atoms with van der Waals surface area (Å²) in [6, 6.07) is 3.24. The zero-order valence-corrected chi connectivity index (χ0v) is 16.0. The van der Waals surface area contributed by atoms with Gasteiger partial charge in [0.05, 0.1) is 5.02 Å². The highest BCUT2D eigenvalue weighted by Gasteiger charge is 2.23. The lowest BCUT2D eigenvalue weighted by atomic mass is 9.88. The molecule has 1 fully saturated rings. The first kappa shape index (κ1) is 17.9. The molecule has 0 radical (unpaired) electrons. The second-order valence-corrected chi connectivity index (χ2v) is 8.03. The van der Waals surface area contributed by atoms with Gasteiger partial charge >= 0.3 is 0 Å². The number of rotatable bonds is 3. The molecule has 3 nitrogen and oxygen atoms in total. The van der Waals surface area contributed by atoms with Crippen LogP contribution < -0.4 is 0 Å². The van der Waals surface area contributed by atoms with E-state index in [0.717, 1.165) is 30.9 Å². The number of halogens is 2. The van der Waals surface area contributed by atoms with Crippen LogP contribution in [0.4, 0.5) is 4.39 Å².